The van der Waals surface area contributed by atoms with Gasteiger partial charge in [-0.15, -0.1) is 0 Å². The second-order valence-corrected chi connectivity index (χ2v) is 3.54. The third-order valence-corrected chi connectivity index (χ3v) is 2.46. The van der Waals surface area contributed by atoms with Crippen LogP contribution >= 0.6 is 0 Å². The topological polar surface area (TPSA) is 56.2 Å². The Morgan fingerprint density at radius 3 is 2.62 bits per heavy atom. The highest BCUT2D eigenvalue weighted by Crippen LogP contribution is 2.17. The molecule has 0 atom stereocenters. The minimum atomic E-state index is 0.549. The molecule has 3 rings (SSSR count). The molecule has 0 aliphatic carbocycles. The van der Waals surface area contributed by atoms with Crippen molar-refractivity contribution in [3.05, 3.63) is 48.7 Å². The van der Waals surface area contributed by atoms with Gasteiger partial charge in [-0.2, -0.15) is 9.61 Å². The molecule has 78 valence electrons. The lowest BCUT2D eigenvalue weighted by Crippen LogP contribution is -1.98. The van der Waals surface area contributed by atoms with Gasteiger partial charge in [0.2, 0.25) is 0 Å². The molecule has 0 fully saturated rings. The Morgan fingerprint density at radius 1 is 1.00 bits per heavy atom. The molecular weight excluding hydrogens is 200 g/mol. The summed E-state index contributed by atoms with van der Waals surface area (Å²) in [5.74, 6) is 0.549. The fourth-order valence-corrected chi connectivity index (χ4v) is 1.65. The molecular formula is C12H10N4. The van der Waals surface area contributed by atoms with Gasteiger partial charge in [0.05, 0.1) is 11.9 Å². The van der Waals surface area contributed by atoms with Gasteiger partial charge in [-0.05, 0) is 12.1 Å². The van der Waals surface area contributed by atoms with Crippen molar-refractivity contribution in [2.75, 3.05) is 5.73 Å². The van der Waals surface area contributed by atoms with Crippen molar-refractivity contribution in [3.8, 4) is 11.3 Å². The molecule has 0 radical (unpaired) electrons. The van der Waals surface area contributed by atoms with Gasteiger partial charge in [-0.3, -0.25) is 0 Å². The van der Waals surface area contributed by atoms with Gasteiger partial charge in [-0.25, -0.2) is 4.98 Å². The highest BCUT2D eigenvalue weighted by molar-refractivity contribution is 5.61. The second kappa shape index (κ2) is 3.34. The van der Waals surface area contributed by atoms with Gasteiger partial charge in [0.15, 0.2) is 5.65 Å². The Hall–Kier alpha value is -2.36. The minimum Gasteiger partial charge on any atom is -0.382 e. The molecule has 0 saturated heterocycles. The molecule has 0 spiro atoms. The van der Waals surface area contributed by atoms with Crippen LogP contribution in [0.2, 0.25) is 0 Å². The molecule has 0 aliphatic rings. The van der Waals surface area contributed by atoms with Crippen molar-refractivity contribution < 1.29 is 0 Å². The first-order valence-corrected chi connectivity index (χ1v) is 5.00. The van der Waals surface area contributed by atoms with E-state index < -0.39 is 0 Å². The summed E-state index contributed by atoms with van der Waals surface area (Å²) < 4.78 is 1.64. The number of benzene rings is 1. The van der Waals surface area contributed by atoms with E-state index in [4.69, 9.17) is 5.73 Å². The van der Waals surface area contributed by atoms with Gasteiger partial charge in [0.25, 0.3) is 0 Å². The third kappa shape index (κ3) is 1.32. The Labute approximate surface area is 92.4 Å². The fourth-order valence-electron chi connectivity index (χ4n) is 1.65. The molecule has 3 aromatic rings. The maximum Gasteiger partial charge on any atom is 0.155 e. The van der Waals surface area contributed by atoms with Crippen LogP contribution in [0.15, 0.2) is 48.7 Å². The summed E-state index contributed by atoms with van der Waals surface area (Å²) in [4.78, 5) is 4.13. The predicted molar refractivity (Wildman–Crippen MR) is 62.8 cm³/mol. The lowest BCUT2D eigenvalue weighted by Gasteiger charge is -2.01. The van der Waals surface area contributed by atoms with Gasteiger partial charge in [-0.1, -0.05) is 30.3 Å². The summed E-state index contributed by atoms with van der Waals surface area (Å²) in [6.07, 6.45) is 1.61. The molecule has 0 aliphatic heterocycles. The van der Waals surface area contributed by atoms with Gasteiger partial charge >= 0.3 is 0 Å². The average Bonchev–Trinajstić information content (AvgIpc) is 2.72. The zero-order chi connectivity index (χ0) is 11.0. The third-order valence-electron chi connectivity index (χ3n) is 2.46. The van der Waals surface area contributed by atoms with E-state index in [2.05, 4.69) is 10.1 Å². The number of nitrogens with zero attached hydrogens (tertiary/aromatic N) is 3. The maximum atomic E-state index is 5.76. The van der Waals surface area contributed by atoms with Gasteiger partial charge in [0, 0.05) is 5.56 Å². The van der Waals surface area contributed by atoms with Crippen molar-refractivity contribution in [2.45, 2.75) is 0 Å². The molecule has 1 aromatic carbocycles. The van der Waals surface area contributed by atoms with Crippen LogP contribution in [0.3, 0.4) is 0 Å². The van der Waals surface area contributed by atoms with E-state index in [1.165, 1.54) is 0 Å². The number of fused-ring (bicyclic) bond motifs is 1. The van der Waals surface area contributed by atoms with Crippen LogP contribution < -0.4 is 5.73 Å². The summed E-state index contributed by atoms with van der Waals surface area (Å²) in [6.45, 7) is 0. The van der Waals surface area contributed by atoms with E-state index in [0.29, 0.717) is 5.82 Å². The molecule has 0 saturated carbocycles. The maximum absolute atomic E-state index is 5.76. The molecule has 4 nitrogen and oxygen atoms in total. The van der Waals surface area contributed by atoms with Crippen LogP contribution in [-0.2, 0) is 0 Å². The van der Waals surface area contributed by atoms with Crippen molar-refractivity contribution in [2.24, 2.45) is 0 Å². The Bertz CT molecular complexity index is 628. The Kier molecular flexibility index (Phi) is 1.86. The molecule has 2 N–H and O–H groups in total. The number of hydrogen-bond donors (Lipinski definition) is 1. The Balaban J connectivity index is 2.22. The molecule has 0 amide bonds. The second-order valence-electron chi connectivity index (χ2n) is 3.54. The van der Waals surface area contributed by atoms with Crippen LogP contribution in [-0.4, -0.2) is 14.6 Å². The first-order valence-electron chi connectivity index (χ1n) is 5.00. The molecule has 2 heterocycles. The number of imidazole rings is 1. The van der Waals surface area contributed by atoms with Gasteiger partial charge in [0.1, 0.15) is 5.82 Å². The van der Waals surface area contributed by atoms with E-state index in [9.17, 15) is 0 Å². The van der Waals surface area contributed by atoms with Gasteiger partial charge < -0.3 is 5.73 Å². The standard InChI is InChI=1S/C12H10N4/c13-11-8-14-12-7-6-10(15-16(11)12)9-4-2-1-3-5-9/h1-8H,13H2. The number of anilines is 1. The largest absolute Gasteiger partial charge is 0.382 e. The first kappa shape index (κ1) is 8.91. The molecule has 0 bridgehead atoms. The SMILES string of the molecule is Nc1cnc2ccc(-c3ccccc3)nn12. The smallest absolute Gasteiger partial charge is 0.155 e. The summed E-state index contributed by atoms with van der Waals surface area (Å²) in [6, 6.07) is 13.8. The van der Waals surface area contributed by atoms with E-state index >= 15 is 0 Å². The van der Waals surface area contributed by atoms with Crippen LogP contribution in [0.4, 0.5) is 5.82 Å². The molecule has 2 aromatic heterocycles. The van der Waals surface area contributed by atoms with Crippen molar-refractivity contribution >= 4 is 11.5 Å². The quantitative estimate of drug-likeness (QED) is 0.668. The average molecular weight is 210 g/mol. The Morgan fingerprint density at radius 2 is 1.81 bits per heavy atom. The summed E-state index contributed by atoms with van der Waals surface area (Å²) in [5, 5.41) is 4.43. The zero-order valence-corrected chi connectivity index (χ0v) is 8.54. The van der Waals surface area contributed by atoms with E-state index in [-0.39, 0.29) is 0 Å². The monoisotopic (exact) mass is 210 g/mol. The lowest BCUT2D eigenvalue weighted by molar-refractivity contribution is 0.952. The number of aromatic nitrogens is 3. The highest BCUT2D eigenvalue weighted by Gasteiger charge is 2.03. The van der Waals surface area contributed by atoms with E-state index in [0.717, 1.165) is 16.9 Å². The molecule has 0 unspecified atom stereocenters. The normalized spacial score (nSPS) is 10.8. The van der Waals surface area contributed by atoms with E-state index in [1.54, 1.807) is 10.7 Å². The van der Waals surface area contributed by atoms with Crippen molar-refractivity contribution in [3.63, 3.8) is 0 Å². The molecule has 4 heteroatoms. The number of nitrogens with two attached hydrogens (primary N) is 1. The fraction of sp³-hybridized carbons (Fsp3) is 0. The predicted octanol–water partition coefficient (Wildman–Crippen LogP) is 1.98. The lowest BCUT2D eigenvalue weighted by atomic mass is 10.1. The number of nitrogen functional groups attached to an aromatic ring is 1. The van der Waals surface area contributed by atoms with Crippen molar-refractivity contribution in [1.29, 1.82) is 0 Å². The summed E-state index contributed by atoms with van der Waals surface area (Å²) in [7, 11) is 0. The van der Waals surface area contributed by atoms with E-state index in [1.807, 2.05) is 42.5 Å². The summed E-state index contributed by atoms with van der Waals surface area (Å²) in [5.41, 5.74) is 8.48. The zero-order valence-electron chi connectivity index (χ0n) is 8.54. The highest BCUT2D eigenvalue weighted by atomic mass is 15.3. The van der Waals surface area contributed by atoms with Crippen LogP contribution in [0.25, 0.3) is 16.9 Å². The molecule has 16 heavy (non-hydrogen) atoms. The van der Waals surface area contributed by atoms with Crippen LogP contribution in [0, 0.1) is 0 Å². The first-order chi connectivity index (χ1) is 7.84. The number of rotatable bonds is 1. The summed E-state index contributed by atoms with van der Waals surface area (Å²) >= 11 is 0. The minimum absolute atomic E-state index is 0.549. The van der Waals surface area contributed by atoms with Crippen LogP contribution in [0.1, 0.15) is 0 Å². The van der Waals surface area contributed by atoms with Crippen molar-refractivity contribution in [1.82, 2.24) is 14.6 Å². The van der Waals surface area contributed by atoms with Crippen LogP contribution in [0.5, 0.6) is 0 Å². The number of hydrogen-bond acceptors (Lipinski definition) is 3.